The van der Waals surface area contributed by atoms with Gasteiger partial charge in [0, 0.05) is 11.6 Å². The van der Waals surface area contributed by atoms with Gasteiger partial charge in [0.05, 0.1) is 13.2 Å². The van der Waals surface area contributed by atoms with Gasteiger partial charge in [-0.3, -0.25) is 0 Å². The molecule has 1 aliphatic rings. The third kappa shape index (κ3) is 2.71. The summed E-state index contributed by atoms with van der Waals surface area (Å²) in [4.78, 5) is 0. The molecule has 1 saturated heterocycles. The van der Waals surface area contributed by atoms with E-state index in [4.69, 9.17) is 14.2 Å². The SMILES string of the molecule is CO[C@@H]1COC[C@H]1Oc1ccc(Br)cc1. The summed E-state index contributed by atoms with van der Waals surface area (Å²) in [6, 6.07) is 7.75. The Morgan fingerprint density at radius 3 is 2.53 bits per heavy atom. The van der Waals surface area contributed by atoms with Crippen LogP contribution in [0.1, 0.15) is 0 Å². The Morgan fingerprint density at radius 2 is 1.87 bits per heavy atom. The number of ether oxygens (including phenoxy) is 3. The smallest absolute Gasteiger partial charge is 0.150 e. The molecule has 0 aromatic heterocycles. The normalized spacial score (nSPS) is 25.5. The maximum atomic E-state index is 5.76. The molecule has 0 saturated carbocycles. The summed E-state index contributed by atoms with van der Waals surface area (Å²) in [6.07, 6.45) is 0.0322. The molecule has 0 amide bonds. The Hall–Kier alpha value is -0.580. The third-order valence-electron chi connectivity index (χ3n) is 2.38. The van der Waals surface area contributed by atoms with E-state index < -0.39 is 0 Å². The lowest BCUT2D eigenvalue weighted by Gasteiger charge is -2.17. The molecule has 0 N–H and O–H groups in total. The summed E-state index contributed by atoms with van der Waals surface area (Å²) in [5, 5.41) is 0. The molecular weight excluding hydrogens is 260 g/mol. The predicted octanol–water partition coefficient (Wildman–Crippen LogP) is 2.24. The number of rotatable bonds is 3. The van der Waals surface area contributed by atoms with E-state index in [1.165, 1.54) is 0 Å². The summed E-state index contributed by atoms with van der Waals surface area (Å²) in [6.45, 7) is 1.20. The van der Waals surface area contributed by atoms with Gasteiger partial charge in [-0.2, -0.15) is 0 Å². The molecule has 15 heavy (non-hydrogen) atoms. The van der Waals surface area contributed by atoms with Gasteiger partial charge in [-0.15, -0.1) is 0 Å². The first-order chi connectivity index (χ1) is 7.29. The van der Waals surface area contributed by atoms with Crippen molar-refractivity contribution in [3.8, 4) is 5.75 Å². The van der Waals surface area contributed by atoms with Gasteiger partial charge in [-0.25, -0.2) is 0 Å². The second-order valence-electron chi connectivity index (χ2n) is 3.42. The highest BCUT2D eigenvalue weighted by Gasteiger charge is 2.29. The van der Waals surface area contributed by atoms with Crippen LogP contribution < -0.4 is 4.74 Å². The molecule has 4 heteroatoms. The van der Waals surface area contributed by atoms with Gasteiger partial charge >= 0.3 is 0 Å². The first-order valence-electron chi connectivity index (χ1n) is 4.82. The fourth-order valence-corrected chi connectivity index (χ4v) is 1.80. The van der Waals surface area contributed by atoms with Crippen LogP contribution in [0.25, 0.3) is 0 Å². The van der Waals surface area contributed by atoms with Crippen LogP contribution in [0, 0.1) is 0 Å². The lowest BCUT2D eigenvalue weighted by Crippen LogP contribution is -2.31. The standard InChI is InChI=1S/C11H13BrO3/c1-13-10-6-14-7-11(10)15-9-4-2-8(12)3-5-9/h2-5,10-11H,6-7H2,1H3/t10-,11-/m1/s1. The van der Waals surface area contributed by atoms with E-state index in [1.807, 2.05) is 24.3 Å². The molecule has 1 aromatic rings. The molecule has 0 aliphatic carbocycles. The average Bonchev–Trinajstić information content (AvgIpc) is 2.69. The Bertz CT molecular complexity index is 312. The summed E-state index contributed by atoms with van der Waals surface area (Å²) < 4.78 is 17.4. The van der Waals surface area contributed by atoms with Crippen molar-refractivity contribution in [2.45, 2.75) is 12.2 Å². The van der Waals surface area contributed by atoms with Gasteiger partial charge in [-0.1, -0.05) is 15.9 Å². The van der Waals surface area contributed by atoms with Crippen molar-refractivity contribution >= 4 is 15.9 Å². The maximum Gasteiger partial charge on any atom is 0.150 e. The molecule has 1 aromatic carbocycles. The molecular formula is C11H13BrO3. The Morgan fingerprint density at radius 1 is 1.20 bits per heavy atom. The number of hydrogen-bond acceptors (Lipinski definition) is 3. The lowest BCUT2D eigenvalue weighted by molar-refractivity contribution is 0.0326. The van der Waals surface area contributed by atoms with E-state index in [0.717, 1.165) is 10.2 Å². The van der Waals surface area contributed by atoms with E-state index in [-0.39, 0.29) is 12.2 Å². The topological polar surface area (TPSA) is 27.7 Å². The van der Waals surface area contributed by atoms with Crippen molar-refractivity contribution in [3.05, 3.63) is 28.7 Å². The van der Waals surface area contributed by atoms with E-state index in [2.05, 4.69) is 15.9 Å². The first-order valence-corrected chi connectivity index (χ1v) is 5.61. The quantitative estimate of drug-likeness (QED) is 0.845. The fraction of sp³-hybridized carbons (Fsp3) is 0.455. The van der Waals surface area contributed by atoms with Crippen molar-refractivity contribution in [2.24, 2.45) is 0 Å². The van der Waals surface area contributed by atoms with Crippen molar-refractivity contribution in [1.29, 1.82) is 0 Å². The van der Waals surface area contributed by atoms with Gasteiger partial charge in [-0.05, 0) is 24.3 Å². The van der Waals surface area contributed by atoms with Crippen LogP contribution in [0.3, 0.4) is 0 Å². The highest BCUT2D eigenvalue weighted by Crippen LogP contribution is 2.20. The molecule has 2 rings (SSSR count). The highest BCUT2D eigenvalue weighted by atomic mass is 79.9. The van der Waals surface area contributed by atoms with E-state index in [1.54, 1.807) is 7.11 Å². The van der Waals surface area contributed by atoms with Crippen molar-refractivity contribution in [1.82, 2.24) is 0 Å². The third-order valence-corrected chi connectivity index (χ3v) is 2.91. The second kappa shape index (κ2) is 4.96. The summed E-state index contributed by atoms with van der Waals surface area (Å²) in [5.74, 6) is 0.843. The van der Waals surface area contributed by atoms with E-state index >= 15 is 0 Å². The van der Waals surface area contributed by atoms with Crippen LogP contribution in [-0.4, -0.2) is 32.5 Å². The van der Waals surface area contributed by atoms with Crippen LogP contribution in [0.15, 0.2) is 28.7 Å². The molecule has 0 spiro atoms. The number of halogens is 1. The lowest BCUT2D eigenvalue weighted by atomic mass is 10.2. The van der Waals surface area contributed by atoms with Gasteiger partial charge in [0.2, 0.25) is 0 Å². The average molecular weight is 273 g/mol. The second-order valence-corrected chi connectivity index (χ2v) is 4.34. The van der Waals surface area contributed by atoms with Crippen molar-refractivity contribution in [2.75, 3.05) is 20.3 Å². The fourth-order valence-electron chi connectivity index (χ4n) is 1.53. The zero-order valence-electron chi connectivity index (χ0n) is 8.48. The number of hydrogen-bond donors (Lipinski definition) is 0. The largest absolute Gasteiger partial charge is 0.485 e. The molecule has 3 nitrogen and oxygen atoms in total. The Labute approximate surface area is 97.5 Å². The molecule has 82 valence electrons. The zero-order valence-corrected chi connectivity index (χ0v) is 10.1. The molecule has 1 aliphatic heterocycles. The van der Waals surface area contributed by atoms with E-state index in [9.17, 15) is 0 Å². The minimum Gasteiger partial charge on any atom is -0.485 e. The molecule has 0 unspecified atom stereocenters. The molecule has 1 heterocycles. The highest BCUT2D eigenvalue weighted by molar-refractivity contribution is 9.10. The Balaban J connectivity index is 1.99. The van der Waals surface area contributed by atoms with Crippen molar-refractivity contribution in [3.63, 3.8) is 0 Å². The van der Waals surface area contributed by atoms with Crippen LogP contribution in [0.5, 0.6) is 5.75 Å². The van der Waals surface area contributed by atoms with Gasteiger partial charge in [0.25, 0.3) is 0 Å². The van der Waals surface area contributed by atoms with Crippen LogP contribution in [0.4, 0.5) is 0 Å². The number of benzene rings is 1. The summed E-state index contributed by atoms with van der Waals surface area (Å²) in [7, 11) is 1.68. The first kappa shape index (κ1) is 10.9. The zero-order chi connectivity index (χ0) is 10.7. The van der Waals surface area contributed by atoms with Crippen LogP contribution in [-0.2, 0) is 9.47 Å². The Kier molecular flexibility index (Phi) is 3.61. The van der Waals surface area contributed by atoms with Gasteiger partial charge in [0.15, 0.2) is 6.10 Å². The summed E-state index contributed by atoms with van der Waals surface area (Å²) >= 11 is 3.38. The molecule has 1 fully saturated rings. The minimum absolute atomic E-state index is 0.00354. The van der Waals surface area contributed by atoms with Gasteiger partial charge in [0.1, 0.15) is 11.9 Å². The van der Waals surface area contributed by atoms with Crippen LogP contribution >= 0.6 is 15.9 Å². The summed E-state index contributed by atoms with van der Waals surface area (Å²) in [5.41, 5.74) is 0. The molecule has 2 atom stereocenters. The molecule has 0 radical (unpaired) electrons. The monoisotopic (exact) mass is 272 g/mol. The maximum absolute atomic E-state index is 5.76. The minimum atomic E-state index is -0.00354. The van der Waals surface area contributed by atoms with Gasteiger partial charge < -0.3 is 14.2 Å². The predicted molar refractivity (Wildman–Crippen MR) is 60.2 cm³/mol. The molecule has 0 bridgehead atoms. The van der Waals surface area contributed by atoms with Crippen molar-refractivity contribution < 1.29 is 14.2 Å². The van der Waals surface area contributed by atoms with Crippen LogP contribution in [0.2, 0.25) is 0 Å². The number of methoxy groups -OCH3 is 1. The van der Waals surface area contributed by atoms with E-state index in [0.29, 0.717) is 13.2 Å².